The summed E-state index contributed by atoms with van der Waals surface area (Å²) in [5, 5.41) is 1.74. The number of para-hydroxylation sites is 1. The van der Waals surface area contributed by atoms with Crippen LogP contribution in [-0.4, -0.2) is 46.3 Å². The Labute approximate surface area is 189 Å². The van der Waals surface area contributed by atoms with E-state index in [-0.39, 0.29) is 18.1 Å². The van der Waals surface area contributed by atoms with Crippen molar-refractivity contribution in [2.24, 2.45) is 5.73 Å². The number of fused-ring (bicyclic) bond motifs is 5. The fourth-order valence-electron chi connectivity index (χ4n) is 4.56. The zero-order valence-corrected chi connectivity index (χ0v) is 18.3. The van der Waals surface area contributed by atoms with E-state index >= 15 is 0 Å². The number of nitrogens with two attached hydrogens (primary N) is 1. The number of rotatable bonds is 5. The van der Waals surface area contributed by atoms with E-state index in [1.54, 1.807) is 24.0 Å². The van der Waals surface area contributed by atoms with Gasteiger partial charge in [-0.2, -0.15) is 0 Å². The van der Waals surface area contributed by atoms with Crippen LogP contribution >= 0.6 is 0 Å². The Kier molecular flexibility index (Phi) is 5.09. The van der Waals surface area contributed by atoms with E-state index < -0.39 is 17.8 Å². The lowest BCUT2D eigenvalue weighted by Gasteiger charge is -2.31. The van der Waals surface area contributed by atoms with E-state index in [4.69, 9.17) is 15.5 Å². The summed E-state index contributed by atoms with van der Waals surface area (Å²) in [5.41, 5.74) is 9.74. The van der Waals surface area contributed by atoms with Gasteiger partial charge >= 0.3 is 0 Å². The number of H-pyrrole nitrogens is 1. The topological polar surface area (TPSA) is 101 Å². The minimum atomic E-state index is -0.596. The number of hydrogen-bond donors (Lipinski definition) is 2. The molecule has 168 valence electrons. The van der Waals surface area contributed by atoms with Gasteiger partial charge in [-0.25, -0.2) is 4.39 Å². The van der Waals surface area contributed by atoms with Crippen molar-refractivity contribution in [1.29, 1.82) is 0 Å². The summed E-state index contributed by atoms with van der Waals surface area (Å²) in [6.45, 7) is 2.10. The van der Waals surface area contributed by atoms with Crippen molar-refractivity contribution in [3.8, 4) is 5.75 Å². The summed E-state index contributed by atoms with van der Waals surface area (Å²) >= 11 is 0. The molecule has 33 heavy (non-hydrogen) atoms. The number of aromatic nitrogens is 2. The smallest absolute Gasteiger partial charge is 0.234 e. The van der Waals surface area contributed by atoms with Gasteiger partial charge in [0, 0.05) is 29.3 Å². The lowest BCUT2D eigenvalue weighted by molar-refractivity contribution is -0.122. The number of nitrogens with zero attached hydrogens (tertiary/aromatic N) is 2. The van der Waals surface area contributed by atoms with E-state index in [0.717, 1.165) is 27.4 Å². The number of ether oxygens (including phenoxy) is 1. The Hall–Kier alpha value is -3.78. The average Bonchev–Trinajstić information content (AvgIpc) is 3.18. The number of nitrogens with one attached hydrogen (secondary N) is 1. The van der Waals surface area contributed by atoms with Crippen molar-refractivity contribution in [3.05, 3.63) is 70.8 Å². The number of primary amides is 1. The van der Waals surface area contributed by atoms with Crippen molar-refractivity contribution < 1.29 is 18.7 Å². The molecule has 0 bridgehead atoms. The van der Waals surface area contributed by atoms with Gasteiger partial charge in [-0.3, -0.25) is 19.5 Å². The first-order chi connectivity index (χ1) is 15.9. The van der Waals surface area contributed by atoms with Crippen molar-refractivity contribution in [3.63, 3.8) is 0 Å². The van der Waals surface area contributed by atoms with Crippen molar-refractivity contribution in [1.82, 2.24) is 14.9 Å². The second kappa shape index (κ2) is 7.97. The fraction of sp³-hybridized carbons (Fsp3) is 0.240. The number of ketones is 1. The normalized spacial score (nSPS) is 15.1. The third-order valence-electron chi connectivity index (χ3n) is 6.33. The highest BCUT2D eigenvalue weighted by atomic mass is 19.1. The second-order valence-electron chi connectivity index (χ2n) is 8.35. The van der Waals surface area contributed by atoms with Gasteiger partial charge in [-0.05, 0) is 30.7 Å². The van der Waals surface area contributed by atoms with Crippen LogP contribution in [0.4, 0.5) is 4.39 Å². The zero-order chi connectivity index (χ0) is 23.3. The van der Waals surface area contributed by atoms with Gasteiger partial charge in [0.05, 0.1) is 42.2 Å². The summed E-state index contributed by atoms with van der Waals surface area (Å²) in [6.07, 6.45) is 0.358. The number of benzene rings is 2. The number of carbonyl (C=O) groups is 2. The fourth-order valence-corrected chi connectivity index (χ4v) is 4.56. The average molecular weight is 446 g/mol. The first kappa shape index (κ1) is 21.1. The number of halogens is 1. The molecular formula is C25H23FN4O3. The quantitative estimate of drug-likeness (QED) is 0.490. The molecule has 2 aromatic carbocycles. The molecular weight excluding hydrogens is 423 g/mol. The Balaban J connectivity index is 1.70. The monoisotopic (exact) mass is 446 g/mol. The number of aromatic amines is 1. The highest BCUT2D eigenvalue weighted by Crippen LogP contribution is 2.35. The molecule has 0 radical (unpaired) electrons. The molecule has 4 aromatic rings. The molecule has 1 unspecified atom stereocenters. The highest BCUT2D eigenvalue weighted by molar-refractivity contribution is 6.20. The lowest BCUT2D eigenvalue weighted by Crippen LogP contribution is -2.47. The number of carbonyl (C=O) groups excluding carboxylic acids is 2. The van der Waals surface area contributed by atoms with Gasteiger partial charge in [-0.1, -0.05) is 24.3 Å². The van der Waals surface area contributed by atoms with Crippen LogP contribution in [0.15, 0.2) is 42.5 Å². The highest BCUT2D eigenvalue weighted by Gasteiger charge is 2.32. The van der Waals surface area contributed by atoms with Crippen LogP contribution < -0.4 is 10.5 Å². The van der Waals surface area contributed by atoms with Gasteiger partial charge in [0.2, 0.25) is 5.91 Å². The van der Waals surface area contributed by atoms with E-state index in [2.05, 4.69) is 4.98 Å². The Morgan fingerprint density at radius 3 is 2.79 bits per heavy atom. The molecule has 5 rings (SSSR count). The second-order valence-corrected chi connectivity index (χ2v) is 8.35. The van der Waals surface area contributed by atoms with E-state index in [0.29, 0.717) is 29.9 Å². The Morgan fingerprint density at radius 1 is 1.27 bits per heavy atom. The zero-order valence-electron chi connectivity index (χ0n) is 18.3. The maximum absolute atomic E-state index is 14.3. The molecule has 7 nitrogen and oxygen atoms in total. The molecule has 8 heteroatoms. The third kappa shape index (κ3) is 3.52. The third-order valence-corrected chi connectivity index (χ3v) is 6.33. The summed E-state index contributed by atoms with van der Waals surface area (Å²) in [4.78, 5) is 35.0. The van der Waals surface area contributed by atoms with Crippen LogP contribution in [-0.2, 0) is 17.8 Å². The summed E-state index contributed by atoms with van der Waals surface area (Å²) in [5.74, 6) is -0.867. The molecule has 2 aromatic heterocycles. The summed E-state index contributed by atoms with van der Waals surface area (Å²) in [7, 11) is 1.42. The van der Waals surface area contributed by atoms with Crippen LogP contribution in [0.5, 0.6) is 5.75 Å². The van der Waals surface area contributed by atoms with E-state index in [1.807, 2.05) is 24.3 Å². The van der Waals surface area contributed by atoms with Gasteiger partial charge in [0.15, 0.2) is 17.3 Å². The maximum Gasteiger partial charge on any atom is 0.234 e. The molecule has 1 amide bonds. The van der Waals surface area contributed by atoms with Gasteiger partial charge in [0.25, 0.3) is 0 Å². The number of methoxy groups -OCH3 is 1. The van der Waals surface area contributed by atoms with Gasteiger partial charge < -0.3 is 15.5 Å². The molecule has 0 saturated heterocycles. The lowest BCUT2D eigenvalue weighted by atomic mass is 9.94. The van der Waals surface area contributed by atoms with Crippen molar-refractivity contribution in [2.75, 3.05) is 13.7 Å². The van der Waals surface area contributed by atoms with Gasteiger partial charge in [-0.15, -0.1) is 0 Å². The predicted octanol–water partition coefficient (Wildman–Crippen LogP) is 3.33. The molecule has 1 atom stereocenters. The minimum absolute atomic E-state index is 0.0937. The molecule has 3 heterocycles. The van der Waals surface area contributed by atoms with Crippen LogP contribution in [0.25, 0.3) is 21.8 Å². The minimum Gasteiger partial charge on any atom is -0.494 e. The van der Waals surface area contributed by atoms with E-state index in [1.165, 1.54) is 13.2 Å². The number of amides is 1. The number of Topliss-reactive ketones (excluding diaryl/α,β-unsaturated/α-hetero) is 1. The van der Waals surface area contributed by atoms with Crippen LogP contribution in [0.3, 0.4) is 0 Å². The van der Waals surface area contributed by atoms with Crippen LogP contribution in [0.1, 0.15) is 34.2 Å². The largest absolute Gasteiger partial charge is 0.494 e. The van der Waals surface area contributed by atoms with Crippen LogP contribution in [0.2, 0.25) is 0 Å². The molecule has 0 aliphatic carbocycles. The molecule has 0 spiro atoms. The first-order valence-electron chi connectivity index (χ1n) is 10.7. The van der Waals surface area contributed by atoms with E-state index in [9.17, 15) is 14.0 Å². The Bertz CT molecular complexity index is 1430. The molecule has 0 saturated carbocycles. The Morgan fingerprint density at radius 2 is 2.06 bits per heavy atom. The first-order valence-corrected chi connectivity index (χ1v) is 10.7. The molecule has 0 fully saturated rings. The standard InChI is InChI=1S/C25H23FN4O3/c1-13(25(27)32)30-11-19-23(20(31)12-30)22-15-5-3-4-6-17(15)29-24(22)18(28-19)10-14-7-8-21(33-2)16(26)9-14/h3-9,13,29H,10-12H2,1-2H3,(H2,27,32). The van der Waals surface area contributed by atoms with Gasteiger partial charge in [0.1, 0.15) is 0 Å². The summed E-state index contributed by atoms with van der Waals surface area (Å²) in [6, 6.07) is 12.0. The molecule has 1 aliphatic heterocycles. The molecule has 1 aliphatic rings. The van der Waals surface area contributed by atoms with Crippen molar-refractivity contribution >= 4 is 33.5 Å². The van der Waals surface area contributed by atoms with Crippen LogP contribution in [0, 0.1) is 5.82 Å². The SMILES string of the molecule is COc1ccc(Cc2nc3c(c4c2[nH]c2ccccc24)C(=O)CN(C(C)C(N)=O)C3)cc1F. The number of pyridine rings is 1. The molecule has 3 N–H and O–H groups in total. The van der Waals surface area contributed by atoms with Crippen molar-refractivity contribution in [2.45, 2.75) is 25.9 Å². The predicted molar refractivity (Wildman–Crippen MR) is 123 cm³/mol. The summed E-state index contributed by atoms with van der Waals surface area (Å²) < 4.78 is 19.3. The maximum atomic E-state index is 14.3. The number of hydrogen-bond acceptors (Lipinski definition) is 5.